The minimum atomic E-state index is -0.0315. The normalized spacial score (nSPS) is 18.6. The number of nitrogens with zero attached hydrogens (tertiary/aromatic N) is 2. The Balaban J connectivity index is 1.71. The highest BCUT2D eigenvalue weighted by Crippen LogP contribution is 2.14. The summed E-state index contributed by atoms with van der Waals surface area (Å²) < 4.78 is 0. The Kier molecular flexibility index (Phi) is 4.74. The van der Waals surface area contributed by atoms with Crippen molar-refractivity contribution < 1.29 is 9.90 Å². The number of amides is 2. The van der Waals surface area contributed by atoms with E-state index in [1.54, 1.807) is 4.90 Å². The molecule has 1 fully saturated rings. The molecule has 5 heteroatoms. The lowest BCUT2D eigenvalue weighted by molar-refractivity contribution is 0.198. The van der Waals surface area contributed by atoms with Crippen LogP contribution in [0.25, 0.3) is 0 Å². The molecule has 0 radical (unpaired) electrons. The highest BCUT2D eigenvalue weighted by Gasteiger charge is 2.25. The van der Waals surface area contributed by atoms with Gasteiger partial charge in [-0.05, 0) is 31.4 Å². The Hall–Kier alpha value is -1.62. The van der Waals surface area contributed by atoms with Gasteiger partial charge in [-0.2, -0.15) is 0 Å². The van der Waals surface area contributed by atoms with Crippen LogP contribution in [-0.2, 0) is 6.42 Å². The monoisotopic (exact) mass is 263 g/mol. The quantitative estimate of drug-likeness (QED) is 0.850. The fraction of sp³-hybridized carbons (Fsp3) is 0.571. The van der Waals surface area contributed by atoms with Crippen LogP contribution < -0.4 is 5.32 Å². The Bertz CT molecular complexity index is 419. The van der Waals surface area contributed by atoms with Crippen LogP contribution in [0.4, 0.5) is 4.79 Å². The number of nitrogens with one attached hydrogen (secondary N) is 1. The summed E-state index contributed by atoms with van der Waals surface area (Å²) in [7, 11) is 0. The topological polar surface area (TPSA) is 65.5 Å². The summed E-state index contributed by atoms with van der Waals surface area (Å²) in [4.78, 5) is 17.9. The van der Waals surface area contributed by atoms with E-state index in [1.807, 2.05) is 25.3 Å². The number of hydrogen-bond acceptors (Lipinski definition) is 3. The number of carbonyl (C=O) groups excluding carboxylic acids is 1. The lowest BCUT2D eigenvalue weighted by atomic mass is 10.1. The van der Waals surface area contributed by atoms with E-state index >= 15 is 0 Å². The van der Waals surface area contributed by atoms with Crippen LogP contribution in [0.5, 0.6) is 0 Å². The maximum atomic E-state index is 11.9. The molecule has 19 heavy (non-hydrogen) atoms. The largest absolute Gasteiger partial charge is 0.396 e. The van der Waals surface area contributed by atoms with Crippen molar-refractivity contribution in [1.82, 2.24) is 15.2 Å². The van der Waals surface area contributed by atoms with Crippen LogP contribution >= 0.6 is 0 Å². The molecule has 1 aromatic heterocycles. The average molecular weight is 263 g/mol. The van der Waals surface area contributed by atoms with Crippen LogP contribution in [0.2, 0.25) is 0 Å². The predicted octanol–water partition coefficient (Wildman–Crippen LogP) is 0.956. The second kappa shape index (κ2) is 6.52. The Morgan fingerprint density at radius 3 is 3.05 bits per heavy atom. The van der Waals surface area contributed by atoms with Crippen molar-refractivity contribution in [3.63, 3.8) is 0 Å². The molecule has 2 heterocycles. The molecule has 1 aliphatic rings. The second-order valence-electron chi connectivity index (χ2n) is 5.07. The molecule has 0 saturated carbocycles. The van der Waals surface area contributed by atoms with Gasteiger partial charge in [-0.25, -0.2) is 4.79 Å². The van der Waals surface area contributed by atoms with Crippen LogP contribution in [0.1, 0.15) is 17.7 Å². The van der Waals surface area contributed by atoms with Gasteiger partial charge in [0.05, 0.1) is 0 Å². The summed E-state index contributed by atoms with van der Waals surface area (Å²) in [6, 6.07) is 3.98. The van der Waals surface area contributed by atoms with Crippen molar-refractivity contribution >= 4 is 6.03 Å². The van der Waals surface area contributed by atoms with Crippen molar-refractivity contribution in [3.8, 4) is 0 Å². The van der Waals surface area contributed by atoms with Gasteiger partial charge in [0.25, 0.3) is 0 Å². The first-order chi connectivity index (χ1) is 9.19. The maximum absolute atomic E-state index is 11.9. The SMILES string of the molecule is Cc1ccc(CCNC(=O)N2CCC(CO)C2)cn1. The first kappa shape index (κ1) is 13.8. The lowest BCUT2D eigenvalue weighted by Crippen LogP contribution is -2.39. The van der Waals surface area contributed by atoms with Gasteiger partial charge in [0, 0.05) is 44.0 Å². The van der Waals surface area contributed by atoms with E-state index in [2.05, 4.69) is 10.3 Å². The van der Waals surface area contributed by atoms with Crippen molar-refractivity contribution in [3.05, 3.63) is 29.6 Å². The van der Waals surface area contributed by atoms with Gasteiger partial charge >= 0.3 is 6.03 Å². The zero-order valence-electron chi connectivity index (χ0n) is 11.3. The first-order valence-corrected chi connectivity index (χ1v) is 6.74. The lowest BCUT2D eigenvalue weighted by Gasteiger charge is -2.17. The van der Waals surface area contributed by atoms with E-state index in [4.69, 9.17) is 5.11 Å². The van der Waals surface area contributed by atoms with Crippen molar-refractivity contribution in [2.75, 3.05) is 26.2 Å². The molecule has 0 aromatic carbocycles. The molecule has 2 rings (SSSR count). The van der Waals surface area contributed by atoms with Gasteiger partial charge in [0.2, 0.25) is 0 Å². The number of rotatable bonds is 4. The second-order valence-corrected chi connectivity index (χ2v) is 5.07. The third kappa shape index (κ3) is 3.92. The number of aromatic nitrogens is 1. The number of aliphatic hydroxyl groups is 1. The highest BCUT2D eigenvalue weighted by atomic mass is 16.3. The van der Waals surface area contributed by atoms with Gasteiger partial charge in [-0.15, -0.1) is 0 Å². The number of aliphatic hydroxyl groups excluding tert-OH is 1. The van der Waals surface area contributed by atoms with E-state index in [-0.39, 0.29) is 18.6 Å². The molecule has 0 spiro atoms. The Labute approximate surface area is 113 Å². The van der Waals surface area contributed by atoms with E-state index in [1.165, 1.54) is 0 Å². The van der Waals surface area contributed by atoms with Gasteiger partial charge in [-0.3, -0.25) is 4.98 Å². The minimum absolute atomic E-state index is 0.0315. The van der Waals surface area contributed by atoms with Gasteiger partial charge in [-0.1, -0.05) is 6.07 Å². The van der Waals surface area contributed by atoms with E-state index in [9.17, 15) is 4.79 Å². The van der Waals surface area contributed by atoms with Crippen LogP contribution in [0, 0.1) is 12.8 Å². The van der Waals surface area contributed by atoms with E-state index in [0.717, 1.165) is 30.6 Å². The molecule has 104 valence electrons. The number of pyridine rings is 1. The first-order valence-electron chi connectivity index (χ1n) is 6.74. The maximum Gasteiger partial charge on any atom is 0.317 e. The predicted molar refractivity (Wildman–Crippen MR) is 72.8 cm³/mol. The standard InChI is InChI=1S/C14H21N3O2/c1-11-2-3-12(8-16-11)4-6-15-14(19)17-7-5-13(9-17)10-18/h2-3,8,13,18H,4-7,9-10H2,1H3,(H,15,19). The molecule has 2 amide bonds. The zero-order chi connectivity index (χ0) is 13.7. The summed E-state index contributed by atoms with van der Waals surface area (Å²) in [5, 5.41) is 12.0. The number of hydrogen-bond donors (Lipinski definition) is 2. The van der Waals surface area contributed by atoms with Gasteiger partial charge < -0.3 is 15.3 Å². The van der Waals surface area contributed by atoms with Crippen molar-refractivity contribution in [2.45, 2.75) is 19.8 Å². The number of carbonyl (C=O) groups is 1. The van der Waals surface area contributed by atoms with Crippen molar-refractivity contribution in [1.29, 1.82) is 0 Å². The van der Waals surface area contributed by atoms with Crippen LogP contribution in [-0.4, -0.2) is 47.3 Å². The molecule has 1 aromatic rings. The Morgan fingerprint density at radius 1 is 1.58 bits per heavy atom. The summed E-state index contributed by atoms with van der Waals surface area (Å²) in [6.07, 6.45) is 3.53. The fourth-order valence-corrected chi connectivity index (χ4v) is 2.24. The van der Waals surface area contributed by atoms with E-state index < -0.39 is 0 Å². The summed E-state index contributed by atoms with van der Waals surface area (Å²) >= 11 is 0. The highest BCUT2D eigenvalue weighted by molar-refractivity contribution is 5.74. The molecule has 0 bridgehead atoms. The smallest absolute Gasteiger partial charge is 0.317 e. The minimum Gasteiger partial charge on any atom is -0.396 e. The molecule has 1 atom stereocenters. The molecule has 1 saturated heterocycles. The Morgan fingerprint density at radius 2 is 2.42 bits per heavy atom. The molecule has 5 nitrogen and oxygen atoms in total. The third-order valence-corrected chi connectivity index (χ3v) is 3.49. The van der Waals surface area contributed by atoms with Gasteiger partial charge in [0.1, 0.15) is 0 Å². The molecular weight excluding hydrogens is 242 g/mol. The summed E-state index contributed by atoms with van der Waals surface area (Å²) in [5.41, 5.74) is 2.13. The fourth-order valence-electron chi connectivity index (χ4n) is 2.24. The molecular formula is C14H21N3O2. The number of aryl methyl sites for hydroxylation is 1. The molecule has 1 unspecified atom stereocenters. The third-order valence-electron chi connectivity index (χ3n) is 3.49. The number of urea groups is 1. The molecule has 2 N–H and O–H groups in total. The van der Waals surface area contributed by atoms with Gasteiger partial charge in [0.15, 0.2) is 0 Å². The van der Waals surface area contributed by atoms with Crippen molar-refractivity contribution in [2.24, 2.45) is 5.92 Å². The molecule has 0 aliphatic carbocycles. The summed E-state index contributed by atoms with van der Waals surface area (Å²) in [6.45, 7) is 4.14. The average Bonchev–Trinajstić information content (AvgIpc) is 2.90. The summed E-state index contributed by atoms with van der Waals surface area (Å²) in [5.74, 6) is 0.243. The van der Waals surface area contributed by atoms with E-state index in [0.29, 0.717) is 13.1 Å². The zero-order valence-corrected chi connectivity index (χ0v) is 11.3. The number of likely N-dealkylation sites (tertiary alicyclic amines) is 1. The van der Waals surface area contributed by atoms with Crippen LogP contribution in [0.15, 0.2) is 18.3 Å². The van der Waals surface area contributed by atoms with Crippen LogP contribution in [0.3, 0.4) is 0 Å². The molecule has 1 aliphatic heterocycles.